The molecule has 1 aromatic rings. The molecule has 1 aliphatic heterocycles. The average molecular weight is 290 g/mol. The third-order valence-corrected chi connectivity index (χ3v) is 4.60. The molecule has 118 valence electrons. The quantitative estimate of drug-likeness (QED) is 0.871. The Bertz CT molecular complexity index is 484. The second-order valence-electron chi connectivity index (χ2n) is 6.93. The number of rotatable bonds is 6. The Labute approximate surface area is 129 Å². The van der Waals surface area contributed by atoms with Gasteiger partial charge in [-0.3, -0.25) is 4.90 Å². The Kier molecular flexibility index (Phi) is 4.95. The summed E-state index contributed by atoms with van der Waals surface area (Å²) < 4.78 is 6.22. The Balaban J connectivity index is 2.31. The highest BCUT2D eigenvalue weighted by Crippen LogP contribution is 2.41. The molecule has 0 aromatic heterocycles. The minimum Gasteiger partial charge on any atom is -0.487 e. The van der Waals surface area contributed by atoms with Crippen LogP contribution in [-0.2, 0) is 6.42 Å². The van der Waals surface area contributed by atoms with Crippen LogP contribution >= 0.6 is 0 Å². The summed E-state index contributed by atoms with van der Waals surface area (Å²) in [5, 5.41) is 0. The third kappa shape index (κ3) is 3.41. The smallest absolute Gasteiger partial charge is 0.128 e. The molecule has 0 bridgehead atoms. The van der Waals surface area contributed by atoms with Crippen molar-refractivity contribution in [2.75, 3.05) is 13.6 Å². The Morgan fingerprint density at radius 1 is 1.38 bits per heavy atom. The average Bonchev–Trinajstić information content (AvgIpc) is 2.74. The van der Waals surface area contributed by atoms with Gasteiger partial charge in [-0.15, -0.1) is 0 Å². The maximum Gasteiger partial charge on any atom is 0.128 e. The SMILES string of the molecule is CCCC(C)N(C)C(CN)c1cccc2c1OC(C)(C)C2. The number of para-hydroxylation sites is 1. The molecule has 21 heavy (non-hydrogen) atoms. The van der Waals surface area contributed by atoms with Gasteiger partial charge in [0, 0.05) is 24.6 Å². The molecule has 2 rings (SSSR count). The fraction of sp³-hybridized carbons (Fsp3) is 0.667. The summed E-state index contributed by atoms with van der Waals surface area (Å²) in [5.41, 5.74) is 8.55. The van der Waals surface area contributed by atoms with E-state index < -0.39 is 0 Å². The van der Waals surface area contributed by atoms with Crippen molar-refractivity contribution in [1.29, 1.82) is 0 Å². The highest BCUT2D eigenvalue weighted by atomic mass is 16.5. The predicted octanol–water partition coefficient (Wildman–Crippen LogP) is 3.52. The number of nitrogens with two attached hydrogens (primary N) is 1. The first kappa shape index (κ1) is 16.3. The van der Waals surface area contributed by atoms with Crippen molar-refractivity contribution in [2.45, 2.75) is 64.6 Å². The van der Waals surface area contributed by atoms with E-state index in [1.807, 2.05) is 0 Å². The molecular formula is C18H30N2O. The molecular weight excluding hydrogens is 260 g/mol. The van der Waals surface area contributed by atoms with E-state index in [-0.39, 0.29) is 11.6 Å². The molecule has 0 saturated heterocycles. The summed E-state index contributed by atoms with van der Waals surface area (Å²) in [6.07, 6.45) is 3.36. The lowest BCUT2D eigenvalue weighted by Gasteiger charge is -2.33. The molecule has 3 heteroatoms. The minimum atomic E-state index is -0.106. The van der Waals surface area contributed by atoms with Crippen LogP contribution in [0.2, 0.25) is 0 Å². The van der Waals surface area contributed by atoms with Gasteiger partial charge in [-0.2, -0.15) is 0 Å². The van der Waals surface area contributed by atoms with Crippen molar-refractivity contribution in [1.82, 2.24) is 4.90 Å². The molecule has 1 aromatic carbocycles. The lowest BCUT2D eigenvalue weighted by Crippen LogP contribution is -2.37. The van der Waals surface area contributed by atoms with Crippen LogP contribution in [0.4, 0.5) is 0 Å². The van der Waals surface area contributed by atoms with Crippen LogP contribution < -0.4 is 10.5 Å². The maximum absolute atomic E-state index is 6.22. The van der Waals surface area contributed by atoms with Crippen molar-refractivity contribution < 1.29 is 4.74 Å². The molecule has 0 aliphatic carbocycles. The lowest BCUT2D eigenvalue weighted by molar-refractivity contribution is 0.129. The van der Waals surface area contributed by atoms with Gasteiger partial charge in [0.25, 0.3) is 0 Å². The van der Waals surface area contributed by atoms with Crippen molar-refractivity contribution in [2.24, 2.45) is 5.73 Å². The highest BCUT2D eigenvalue weighted by molar-refractivity contribution is 5.47. The summed E-state index contributed by atoms with van der Waals surface area (Å²) in [6.45, 7) is 9.42. The molecule has 0 saturated carbocycles. The monoisotopic (exact) mass is 290 g/mol. The molecule has 1 aliphatic rings. The maximum atomic E-state index is 6.22. The Morgan fingerprint density at radius 2 is 2.10 bits per heavy atom. The summed E-state index contributed by atoms with van der Waals surface area (Å²) in [4.78, 5) is 2.40. The molecule has 3 nitrogen and oxygen atoms in total. The van der Waals surface area contributed by atoms with Crippen LogP contribution in [-0.4, -0.2) is 30.1 Å². The molecule has 0 spiro atoms. The first-order valence-corrected chi connectivity index (χ1v) is 8.12. The number of benzene rings is 1. The van der Waals surface area contributed by atoms with E-state index in [0.29, 0.717) is 12.6 Å². The number of likely N-dealkylation sites (N-methyl/N-ethyl adjacent to an activating group) is 1. The minimum absolute atomic E-state index is 0.106. The van der Waals surface area contributed by atoms with Gasteiger partial charge in [0.05, 0.1) is 6.04 Å². The van der Waals surface area contributed by atoms with E-state index in [1.165, 1.54) is 24.0 Å². The number of nitrogens with zero attached hydrogens (tertiary/aromatic N) is 1. The van der Waals surface area contributed by atoms with Crippen molar-refractivity contribution >= 4 is 0 Å². The van der Waals surface area contributed by atoms with Gasteiger partial charge < -0.3 is 10.5 Å². The van der Waals surface area contributed by atoms with Crippen molar-refractivity contribution in [3.05, 3.63) is 29.3 Å². The van der Waals surface area contributed by atoms with E-state index in [9.17, 15) is 0 Å². The summed E-state index contributed by atoms with van der Waals surface area (Å²) in [6, 6.07) is 7.23. The Morgan fingerprint density at radius 3 is 2.71 bits per heavy atom. The van der Waals surface area contributed by atoms with E-state index in [1.54, 1.807) is 0 Å². The van der Waals surface area contributed by atoms with E-state index >= 15 is 0 Å². The number of fused-ring (bicyclic) bond motifs is 1. The Hall–Kier alpha value is -1.06. The molecule has 0 radical (unpaired) electrons. The molecule has 2 unspecified atom stereocenters. The molecule has 2 N–H and O–H groups in total. The fourth-order valence-electron chi connectivity index (χ4n) is 3.34. The van der Waals surface area contributed by atoms with Gasteiger partial charge in [0.15, 0.2) is 0 Å². The number of hydrogen-bond acceptors (Lipinski definition) is 3. The van der Waals surface area contributed by atoms with Gasteiger partial charge >= 0.3 is 0 Å². The van der Waals surface area contributed by atoms with Gasteiger partial charge in [-0.25, -0.2) is 0 Å². The summed E-state index contributed by atoms with van der Waals surface area (Å²) >= 11 is 0. The summed E-state index contributed by atoms with van der Waals surface area (Å²) in [5.74, 6) is 1.06. The third-order valence-electron chi connectivity index (χ3n) is 4.60. The first-order valence-electron chi connectivity index (χ1n) is 8.12. The number of hydrogen-bond donors (Lipinski definition) is 1. The van der Waals surface area contributed by atoms with Crippen LogP contribution in [0.5, 0.6) is 5.75 Å². The standard InChI is InChI=1S/C18H30N2O/c1-6-8-13(2)20(5)16(12-19)15-10-7-9-14-11-18(3,4)21-17(14)15/h7,9-10,13,16H,6,8,11-12,19H2,1-5H3. The normalized spacial score (nSPS) is 19.2. The largest absolute Gasteiger partial charge is 0.487 e. The first-order chi connectivity index (χ1) is 9.89. The molecule has 2 atom stereocenters. The number of ether oxygens (including phenoxy) is 1. The van der Waals surface area contributed by atoms with Crippen molar-refractivity contribution in [3.8, 4) is 5.75 Å². The molecule has 0 fully saturated rings. The zero-order chi connectivity index (χ0) is 15.6. The van der Waals surface area contributed by atoms with Gasteiger partial charge in [-0.05, 0) is 39.8 Å². The van der Waals surface area contributed by atoms with E-state index in [2.05, 4.69) is 57.8 Å². The van der Waals surface area contributed by atoms with Crippen molar-refractivity contribution in [3.63, 3.8) is 0 Å². The zero-order valence-electron chi connectivity index (χ0n) is 14.1. The highest BCUT2D eigenvalue weighted by Gasteiger charge is 2.34. The van der Waals surface area contributed by atoms with E-state index in [4.69, 9.17) is 10.5 Å². The molecule has 0 amide bonds. The van der Waals surface area contributed by atoms with Crippen LogP contribution in [0, 0.1) is 0 Å². The van der Waals surface area contributed by atoms with E-state index in [0.717, 1.165) is 12.2 Å². The van der Waals surface area contributed by atoms with Crippen LogP contribution in [0.15, 0.2) is 18.2 Å². The van der Waals surface area contributed by atoms with Crippen LogP contribution in [0.3, 0.4) is 0 Å². The topological polar surface area (TPSA) is 38.5 Å². The second kappa shape index (κ2) is 6.37. The van der Waals surface area contributed by atoms with Crippen LogP contribution in [0.1, 0.15) is 57.7 Å². The summed E-state index contributed by atoms with van der Waals surface area (Å²) in [7, 11) is 2.18. The molecule has 1 heterocycles. The zero-order valence-corrected chi connectivity index (χ0v) is 14.1. The van der Waals surface area contributed by atoms with Gasteiger partial charge in [0.2, 0.25) is 0 Å². The van der Waals surface area contributed by atoms with Gasteiger partial charge in [0.1, 0.15) is 11.4 Å². The predicted molar refractivity (Wildman–Crippen MR) is 88.8 cm³/mol. The lowest BCUT2D eigenvalue weighted by atomic mass is 9.97. The van der Waals surface area contributed by atoms with Crippen LogP contribution in [0.25, 0.3) is 0 Å². The fourth-order valence-corrected chi connectivity index (χ4v) is 3.34. The second-order valence-corrected chi connectivity index (χ2v) is 6.93. The van der Waals surface area contributed by atoms with Gasteiger partial charge in [-0.1, -0.05) is 31.5 Å².